The fraction of sp³-hybridized carbons (Fsp3) is 0.304. The first-order valence-electron chi connectivity index (χ1n) is 9.74. The number of aromatic nitrogens is 1. The number of aliphatic carboxylic acids is 1. The molecule has 0 saturated heterocycles. The first-order chi connectivity index (χ1) is 13.9. The van der Waals surface area contributed by atoms with Crippen molar-refractivity contribution < 1.29 is 19.4 Å². The van der Waals surface area contributed by atoms with Crippen LogP contribution in [0.4, 0.5) is 0 Å². The first kappa shape index (κ1) is 20.5. The number of benzene rings is 2. The van der Waals surface area contributed by atoms with Gasteiger partial charge in [-0.25, -0.2) is 4.79 Å². The van der Waals surface area contributed by atoms with E-state index in [0.29, 0.717) is 25.1 Å². The van der Waals surface area contributed by atoms with E-state index in [1.807, 2.05) is 56.3 Å². The molecule has 1 amide bonds. The Labute approximate surface area is 169 Å². The predicted molar refractivity (Wildman–Crippen MR) is 112 cm³/mol. The molecule has 0 spiro atoms. The number of nitrogens with two attached hydrogens (primary N) is 1. The lowest BCUT2D eigenvalue weighted by Gasteiger charge is -2.15. The van der Waals surface area contributed by atoms with Gasteiger partial charge in [0.15, 0.2) is 6.10 Å². The Bertz CT molecular complexity index is 1020. The number of amides is 1. The molecule has 0 radical (unpaired) electrons. The van der Waals surface area contributed by atoms with Gasteiger partial charge in [0.05, 0.1) is 11.9 Å². The van der Waals surface area contributed by atoms with Gasteiger partial charge in [-0.2, -0.15) is 0 Å². The standard InChI is InChI=1S/C23H26N2O4/c1-3-7-21(23(27)28)29-17-10-11-18-19(13-22(24)26)15(2)25(20(18)12-17)14-16-8-5-4-6-9-16/h4-6,8-12,21H,3,7,13-14H2,1-2H3,(H2,24,26)(H,27,28). The Morgan fingerprint density at radius 3 is 2.52 bits per heavy atom. The molecule has 1 atom stereocenters. The van der Waals surface area contributed by atoms with Crippen LogP contribution in [-0.4, -0.2) is 27.7 Å². The molecule has 0 saturated carbocycles. The maximum atomic E-state index is 11.6. The molecule has 29 heavy (non-hydrogen) atoms. The van der Waals surface area contributed by atoms with E-state index in [9.17, 15) is 14.7 Å². The molecule has 0 aliphatic rings. The van der Waals surface area contributed by atoms with Crippen LogP contribution in [-0.2, 0) is 22.6 Å². The van der Waals surface area contributed by atoms with Gasteiger partial charge >= 0.3 is 5.97 Å². The normalized spacial score (nSPS) is 12.1. The van der Waals surface area contributed by atoms with Gasteiger partial charge in [-0.05, 0) is 36.6 Å². The molecule has 152 valence electrons. The molecule has 3 aromatic rings. The van der Waals surface area contributed by atoms with E-state index in [0.717, 1.165) is 27.7 Å². The van der Waals surface area contributed by atoms with E-state index >= 15 is 0 Å². The molecule has 0 bridgehead atoms. The molecule has 1 unspecified atom stereocenters. The van der Waals surface area contributed by atoms with Gasteiger partial charge in [-0.1, -0.05) is 43.7 Å². The number of rotatable bonds is 9. The summed E-state index contributed by atoms with van der Waals surface area (Å²) in [4.78, 5) is 23.1. The number of carbonyl (C=O) groups excluding carboxylic acids is 1. The van der Waals surface area contributed by atoms with E-state index in [-0.39, 0.29) is 12.3 Å². The van der Waals surface area contributed by atoms with Crippen molar-refractivity contribution in [1.82, 2.24) is 4.57 Å². The summed E-state index contributed by atoms with van der Waals surface area (Å²) in [5.41, 5.74) is 9.33. The smallest absolute Gasteiger partial charge is 0.344 e. The van der Waals surface area contributed by atoms with Gasteiger partial charge < -0.3 is 20.1 Å². The van der Waals surface area contributed by atoms with E-state index in [1.54, 1.807) is 6.07 Å². The zero-order valence-electron chi connectivity index (χ0n) is 16.7. The Morgan fingerprint density at radius 2 is 1.90 bits per heavy atom. The second-order valence-corrected chi connectivity index (χ2v) is 7.19. The summed E-state index contributed by atoms with van der Waals surface area (Å²) in [5, 5.41) is 10.3. The number of fused-ring (bicyclic) bond motifs is 1. The van der Waals surface area contributed by atoms with Gasteiger partial charge in [-0.15, -0.1) is 0 Å². The Balaban J connectivity index is 2.07. The summed E-state index contributed by atoms with van der Waals surface area (Å²) in [6, 6.07) is 15.5. The molecule has 0 aliphatic carbocycles. The van der Waals surface area contributed by atoms with Crippen molar-refractivity contribution in [2.75, 3.05) is 0 Å². The second-order valence-electron chi connectivity index (χ2n) is 7.19. The van der Waals surface area contributed by atoms with Gasteiger partial charge in [0.2, 0.25) is 5.91 Å². The highest BCUT2D eigenvalue weighted by atomic mass is 16.5. The molecule has 3 N–H and O–H groups in total. The predicted octanol–water partition coefficient (Wildman–Crippen LogP) is 3.66. The minimum absolute atomic E-state index is 0.151. The van der Waals surface area contributed by atoms with Crippen LogP contribution in [0.5, 0.6) is 5.75 Å². The summed E-state index contributed by atoms with van der Waals surface area (Å²) < 4.78 is 7.87. The summed E-state index contributed by atoms with van der Waals surface area (Å²) in [5.74, 6) is -0.867. The lowest BCUT2D eigenvalue weighted by molar-refractivity contribution is -0.145. The third-order valence-electron chi connectivity index (χ3n) is 5.07. The summed E-state index contributed by atoms with van der Waals surface area (Å²) >= 11 is 0. The Hall–Kier alpha value is -3.28. The number of hydrogen-bond acceptors (Lipinski definition) is 3. The quantitative estimate of drug-likeness (QED) is 0.579. The van der Waals surface area contributed by atoms with Gasteiger partial charge in [0.25, 0.3) is 0 Å². The Kier molecular flexibility index (Phi) is 6.22. The molecule has 0 aliphatic heterocycles. The van der Waals surface area contributed by atoms with Crippen molar-refractivity contribution in [2.24, 2.45) is 5.73 Å². The van der Waals surface area contributed by atoms with Crippen LogP contribution in [0.1, 0.15) is 36.6 Å². The lowest BCUT2D eigenvalue weighted by atomic mass is 10.1. The fourth-order valence-electron chi connectivity index (χ4n) is 3.63. The van der Waals surface area contributed by atoms with Crippen LogP contribution < -0.4 is 10.5 Å². The van der Waals surface area contributed by atoms with E-state index in [4.69, 9.17) is 10.5 Å². The molecule has 1 heterocycles. The topological polar surface area (TPSA) is 94.5 Å². The van der Waals surface area contributed by atoms with Crippen LogP contribution in [0.15, 0.2) is 48.5 Å². The Morgan fingerprint density at radius 1 is 1.17 bits per heavy atom. The van der Waals surface area contributed by atoms with Gasteiger partial charge in [0, 0.05) is 23.7 Å². The third kappa shape index (κ3) is 4.59. The maximum absolute atomic E-state index is 11.6. The summed E-state index contributed by atoms with van der Waals surface area (Å²) in [7, 11) is 0. The largest absolute Gasteiger partial charge is 0.479 e. The number of primary amides is 1. The molecule has 1 aromatic heterocycles. The third-order valence-corrected chi connectivity index (χ3v) is 5.07. The van der Waals surface area contributed by atoms with Crippen LogP contribution in [0.2, 0.25) is 0 Å². The molecular formula is C23H26N2O4. The average molecular weight is 394 g/mol. The molecule has 6 heteroatoms. The molecule has 2 aromatic carbocycles. The van der Waals surface area contributed by atoms with Gasteiger partial charge in [-0.3, -0.25) is 4.79 Å². The van der Waals surface area contributed by atoms with Crippen molar-refractivity contribution in [3.8, 4) is 5.75 Å². The number of ether oxygens (including phenoxy) is 1. The lowest BCUT2D eigenvalue weighted by Crippen LogP contribution is -2.26. The number of nitrogens with zero attached hydrogens (tertiary/aromatic N) is 1. The van der Waals surface area contributed by atoms with Crippen LogP contribution in [0.3, 0.4) is 0 Å². The van der Waals surface area contributed by atoms with Crippen molar-refractivity contribution in [3.63, 3.8) is 0 Å². The monoisotopic (exact) mass is 394 g/mol. The van der Waals surface area contributed by atoms with Crippen molar-refractivity contribution in [1.29, 1.82) is 0 Å². The summed E-state index contributed by atoms with van der Waals surface area (Å²) in [6.07, 6.45) is 0.412. The first-order valence-corrected chi connectivity index (χ1v) is 9.74. The minimum atomic E-state index is -0.975. The maximum Gasteiger partial charge on any atom is 0.344 e. The number of carboxylic acids is 1. The van der Waals surface area contributed by atoms with Crippen LogP contribution in [0, 0.1) is 6.92 Å². The minimum Gasteiger partial charge on any atom is -0.479 e. The molecule has 0 fully saturated rings. The highest BCUT2D eigenvalue weighted by Gasteiger charge is 2.20. The molecule has 6 nitrogen and oxygen atoms in total. The SMILES string of the molecule is CCCC(Oc1ccc2c(CC(N)=O)c(C)n(Cc3ccccc3)c2c1)C(=O)O. The second kappa shape index (κ2) is 8.82. The van der Waals surface area contributed by atoms with Crippen LogP contribution in [0.25, 0.3) is 10.9 Å². The number of hydrogen-bond donors (Lipinski definition) is 2. The van der Waals surface area contributed by atoms with Crippen molar-refractivity contribution >= 4 is 22.8 Å². The van der Waals surface area contributed by atoms with Crippen LogP contribution >= 0.6 is 0 Å². The average Bonchev–Trinajstić information content (AvgIpc) is 2.93. The fourth-order valence-corrected chi connectivity index (χ4v) is 3.63. The van der Waals surface area contributed by atoms with Gasteiger partial charge in [0.1, 0.15) is 5.75 Å². The zero-order chi connectivity index (χ0) is 21.0. The molecule has 3 rings (SSSR count). The van der Waals surface area contributed by atoms with E-state index < -0.39 is 12.1 Å². The van der Waals surface area contributed by atoms with E-state index in [1.165, 1.54) is 0 Å². The van der Waals surface area contributed by atoms with Crippen molar-refractivity contribution in [3.05, 3.63) is 65.4 Å². The highest BCUT2D eigenvalue weighted by molar-refractivity contribution is 5.91. The summed E-state index contributed by atoms with van der Waals surface area (Å²) in [6.45, 7) is 4.52. The zero-order valence-corrected chi connectivity index (χ0v) is 16.7. The molecular weight excluding hydrogens is 368 g/mol. The number of carbonyl (C=O) groups is 2. The highest BCUT2D eigenvalue weighted by Crippen LogP contribution is 2.31. The van der Waals surface area contributed by atoms with Crippen molar-refractivity contribution in [2.45, 2.75) is 45.8 Å². The van der Waals surface area contributed by atoms with E-state index in [2.05, 4.69) is 4.57 Å². The number of carboxylic acid groups (broad SMARTS) is 1.